The molecule has 42 heavy (non-hydrogen) atoms. The van der Waals surface area contributed by atoms with Crippen LogP contribution in [-0.4, -0.2) is 27.7 Å². The van der Waals surface area contributed by atoms with Crippen molar-refractivity contribution in [1.29, 1.82) is 0 Å². The van der Waals surface area contributed by atoms with E-state index in [0.29, 0.717) is 34.6 Å². The lowest BCUT2D eigenvalue weighted by atomic mass is 9.77. The first-order chi connectivity index (χ1) is 19.9. The molecular weight excluding hydrogens is 534 g/mol. The highest BCUT2D eigenvalue weighted by Gasteiger charge is 2.42. The molecule has 3 aromatic carbocycles. The number of rotatable bonds is 6. The number of carboxylic acid groups (broad SMARTS) is 1. The topological polar surface area (TPSA) is 130 Å². The van der Waals surface area contributed by atoms with E-state index in [4.69, 9.17) is 0 Å². The molecular formula is C33H33N3O6. The number of para-hydroxylation sites is 2. The van der Waals surface area contributed by atoms with Gasteiger partial charge < -0.3 is 10.4 Å². The first kappa shape index (κ1) is 28.7. The van der Waals surface area contributed by atoms with Crippen molar-refractivity contribution in [1.82, 2.24) is 0 Å². The van der Waals surface area contributed by atoms with E-state index in [-0.39, 0.29) is 42.1 Å². The van der Waals surface area contributed by atoms with E-state index in [1.54, 1.807) is 24.3 Å². The number of aliphatic carboxylic acids is 1. The van der Waals surface area contributed by atoms with Crippen LogP contribution >= 0.6 is 0 Å². The van der Waals surface area contributed by atoms with Gasteiger partial charge in [-0.25, -0.2) is 0 Å². The molecule has 216 valence electrons. The van der Waals surface area contributed by atoms with Crippen molar-refractivity contribution in [3.63, 3.8) is 0 Å². The fourth-order valence-corrected chi connectivity index (χ4v) is 5.81. The van der Waals surface area contributed by atoms with Gasteiger partial charge >= 0.3 is 5.97 Å². The number of non-ortho nitro benzene ring substituents is 1. The normalized spacial score (nSPS) is 18.5. The number of hydrogen-bond acceptors (Lipinski definition) is 6. The smallest absolute Gasteiger partial charge is 0.303 e. The molecule has 0 bridgehead atoms. The van der Waals surface area contributed by atoms with Crippen LogP contribution in [0.3, 0.4) is 0 Å². The Balaban J connectivity index is 1.66. The van der Waals surface area contributed by atoms with Crippen LogP contribution in [0.4, 0.5) is 17.1 Å². The molecule has 0 fully saturated rings. The molecule has 9 nitrogen and oxygen atoms in total. The molecule has 9 heteroatoms. The molecule has 0 radical (unpaired) electrons. The third-order valence-corrected chi connectivity index (χ3v) is 7.95. The number of nitrogens with one attached hydrogen (secondary N) is 1. The summed E-state index contributed by atoms with van der Waals surface area (Å²) in [5.41, 5.74) is 4.52. The third kappa shape index (κ3) is 5.68. The van der Waals surface area contributed by atoms with Crippen LogP contribution in [0.5, 0.6) is 0 Å². The maximum Gasteiger partial charge on any atom is 0.303 e. The number of hydrogen-bond donors (Lipinski definition) is 2. The second-order valence-electron chi connectivity index (χ2n) is 11.8. The number of nitrogens with zero attached hydrogens (tertiary/aromatic N) is 2. The number of benzene rings is 3. The third-order valence-electron chi connectivity index (χ3n) is 7.95. The van der Waals surface area contributed by atoms with Crippen molar-refractivity contribution in [2.24, 2.45) is 0 Å². The van der Waals surface area contributed by atoms with E-state index < -0.39 is 22.8 Å². The summed E-state index contributed by atoms with van der Waals surface area (Å²) >= 11 is 0. The molecule has 1 heterocycles. The van der Waals surface area contributed by atoms with Crippen molar-refractivity contribution in [3.05, 3.63) is 111 Å². The number of anilines is 2. The Labute approximate surface area is 244 Å². The quantitative estimate of drug-likeness (QED) is 0.252. The average molecular weight is 568 g/mol. The Bertz CT molecular complexity index is 1600. The number of ketones is 1. The molecule has 2 aliphatic rings. The number of nitro benzene ring substituents is 1. The fourth-order valence-electron chi connectivity index (χ4n) is 5.81. The standard InChI is InChI=1S/C33H33N3O6/c1-33(2,3)23-13-11-20(12-14-23)22-18-26-31(28(37)19-22)32(21-7-6-8-24(17-21)36(41)42)35(29(38)15-16-30(39)40)27-10-5-4-9-25(27)34-26/h4-14,17,22,32,34H,15-16,18-19H2,1-3H3,(H,39,40)/t22-,32-/m0/s1. The zero-order valence-corrected chi connectivity index (χ0v) is 23.8. The number of carboxylic acids is 1. The molecule has 2 atom stereocenters. The van der Waals surface area contributed by atoms with Gasteiger partial charge in [-0.2, -0.15) is 0 Å². The molecule has 0 saturated heterocycles. The number of carbonyl (C=O) groups is 3. The highest BCUT2D eigenvalue weighted by atomic mass is 16.6. The Morgan fingerprint density at radius 3 is 2.36 bits per heavy atom. The molecule has 1 aliphatic heterocycles. The predicted molar refractivity (Wildman–Crippen MR) is 159 cm³/mol. The molecule has 0 spiro atoms. The summed E-state index contributed by atoms with van der Waals surface area (Å²) < 4.78 is 0. The second kappa shape index (κ2) is 11.2. The van der Waals surface area contributed by atoms with Gasteiger partial charge in [0.05, 0.1) is 28.8 Å². The maximum atomic E-state index is 14.1. The minimum atomic E-state index is -1.12. The van der Waals surface area contributed by atoms with Crippen molar-refractivity contribution in [2.45, 2.75) is 63.8 Å². The van der Waals surface area contributed by atoms with E-state index in [2.05, 4.69) is 50.4 Å². The number of amides is 1. The number of carbonyl (C=O) groups excluding carboxylic acids is 2. The number of allylic oxidation sites excluding steroid dienone is 1. The van der Waals surface area contributed by atoms with E-state index in [1.165, 1.54) is 28.7 Å². The van der Waals surface area contributed by atoms with Crippen molar-refractivity contribution in [2.75, 3.05) is 10.2 Å². The summed E-state index contributed by atoms with van der Waals surface area (Å²) in [5.74, 6) is -1.89. The summed E-state index contributed by atoms with van der Waals surface area (Å²) in [6, 6.07) is 20.4. The van der Waals surface area contributed by atoms with Crippen LogP contribution in [0, 0.1) is 10.1 Å². The van der Waals surface area contributed by atoms with E-state index in [1.807, 2.05) is 6.07 Å². The largest absolute Gasteiger partial charge is 0.481 e. The van der Waals surface area contributed by atoms with Crippen LogP contribution in [-0.2, 0) is 19.8 Å². The van der Waals surface area contributed by atoms with Crippen LogP contribution < -0.4 is 10.2 Å². The molecule has 5 rings (SSSR count). The zero-order valence-electron chi connectivity index (χ0n) is 23.8. The Hall–Kier alpha value is -4.79. The lowest BCUT2D eigenvalue weighted by Gasteiger charge is -2.35. The van der Waals surface area contributed by atoms with Crippen LogP contribution in [0.25, 0.3) is 0 Å². The van der Waals surface area contributed by atoms with E-state index in [9.17, 15) is 29.6 Å². The second-order valence-corrected chi connectivity index (χ2v) is 11.8. The Kier molecular flexibility index (Phi) is 7.69. The molecule has 1 aliphatic carbocycles. The maximum absolute atomic E-state index is 14.1. The molecule has 1 amide bonds. The van der Waals surface area contributed by atoms with Gasteiger partial charge in [0, 0.05) is 36.2 Å². The van der Waals surface area contributed by atoms with E-state index >= 15 is 0 Å². The first-order valence-corrected chi connectivity index (χ1v) is 13.9. The summed E-state index contributed by atoms with van der Waals surface area (Å²) in [7, 11) is 0. The molecule has 0 saturated carbocycles. The van der Waals surface area contributed by atoms with Crippen LogP contribution in [0.15, 0.2) is 84.1 Å². The molecule has 0 aromatic heterocycles. The number of nitro groups is 1. The highest BCUT2D eigenvalue weighted by molar-refractivity contribution is 6.06. The lowest BCUT2D eigenvalue weighted by Crippen LogP contribution is -2.38. The minimum absolute atomic E-state index is 0.00862. The fraction of sp³-hybridized carbons (Fsp3) is 0.303. The van der Waals surface area contributed by atoms with E-state index in [0.717, 1.165) is 5.56 Å². The summed E-state index contributed by atoms with van der Waals surface area (Å²) in [6.07, 6.45) is 0.00881. The van der Waals surface area contributed by atoms with Gasteiger partial charge in [0.1, 0.15) is 0 Å². The Morgan fingerprint density at radius 1 is 0.976 bits per heavy atom. The first-order valence-electron chi connectivity index (χ1n) is 13.9. The van der Waals surface area contributed by atoms with Crippen molar-refractivity contribution >= 4 is 34.7 Å². The lowest BCUT2D eigenvalue weighted by molar-refractivity contribution is -0.384. The van der Waals surface area contributed by atoms with Crippen LogP contribution in [0.1, 0.15) is 75.1 Å². The zero-order chi connectivity index (χ0) is 30.2. The Morgan fingerprint density at radius 2 is 1.69 bits per heavy atom. The van der Waals surface area contributed by atoms with Crippen molar-refractivity contribution in [3.8, 4) is 0 Å². The van der Waals surface area contributed by atoms with Gasteiger partial charge in [0.25, 0.3) is 5.69 Å². The summed E-state index contributed by atoms with van der Waals surface area (Å²) in [6.45, 7) is 6.44. The highest BCUT2D eigenvalue weighted by Crippen LogP contribution is 2.48. The van der Waals surface area contributed by atoms with Gasteiger partial charge in [-0.05, 0) is 46.6 Å². The number of Topliss-reactive ketones (excluding diaryl/α,β-unsaturated/α-hetero) is 1. The summed E-state index contributed by atoms with van der Waals surface area (Å²) in [5, 5.41) is 24.4. The van der Waals surface area contributed by atoms with Crippen molar-refractivity contribution < 1.29 is 24.4 Å². The number of fused-ring (bicyclic) bond motifs is 1. The molecule has 2 N–H and O–H groups in total. The predicted octanol–water partition coefficient (Wildman–Crippen LogP) is 6.66. The van der Waals surface area contributed by atoms with Gasteiger partial charge in [-0.15, -0.1) is 0 Å². The average Bonchev–Trinajstić information content (AvgIpc) is 3.10. The molecule has 0 unspecified atom stereocenters. The molecule has 3 aromatic rings. The summed E-state index contributed by atoms with van der Waals surface area (Å²) in [4.78, 5) is 51.9. The van der Waals surface area contributed by atoms with Gasteiger partial charge in [0.15, 0.2) is 5.78 Å². The van der Waals surface area contributed by atoms with Gasteiger partial charge in [0.2, 0.25) is 5.91 Å². The van der Waals surface area contributed by atoms with Gasteiger partial charge in [-0.3, -0.25) is 29.4 Å². The van der Waals surface area contributed by atoms with Gasteiger partial charge in [-0.1, -0.05) is 69.3 Å². The minimum Gasteiger partial charge on any atom is -0.481 e. The monoisotopic (exact) mass is 567 g/mol. The van der Waals surface area contributed by atoms with Crippen LogP contribution in [0.2, 0.25) is 0 Å². The SMILES string of the molecule is CC(C)(C)c1ccc([C@@H]2CC(=O)C3=C(C2)Nc2ccccc2N(C(=O)CCC(=O)O)[C@H]3c2cccc([N+](=O)[O-])c2)cc1.